The Morgan fingerprint density at radius 3 is 3.00 bits per heavy atom. The molecule has 0 spiro atoms. The van der Waals surface area contributed by atoms with Crippen LogP contribution in [0, 0.1) is 6.92 Å². The highest BCUT2D eigenvalue weighted by molar-refractivity contribution is 5.74. The third-order valence-corrected chi connectivity index (χ3v) is 1.90. The van der Waals surface area contributed by atoms with Crippen LogP contribution >= 0.6 is 0 Å². The molecule has 3 nitrogen and oxygen atoms in total. The van der Waals surface area contributed by atoms with Crippen molar-refractivity contribution < 1.29 is 4.52 Å². The topological polar surface area (TPSA) is 38.9 Å². The summed E-state index contributed by atoms with van der Waals surface area (Å²) in [5, 5.41) is 3.83. The van der Waals surface area contributed by atoms with Gasteiger partial charge in [-0.05, 0) is 25.5 Å². The summed E-state index contributed by atoms with van der Waals surface area (Å²) in [6, 6.07) is 3.88. The van der Waals surface area contributed by atoms with E-state index in [1.165, 1.54) is 0 Å². The highest BCUT2D eigenvalue weighted by atomic mass is 16.5. The van der Waals surface area contributed by atoms with Gasteiger partial charge in [0.1, 0.15) is 11.2 Å². The normalized spacial score (nSPS) is 10.8. The van der Waals surface area contributed by atoms with Gasteiger partial charge >= 0.3 is 0 Å². The van der Waals surface area contributed by atoms with Crippen LogP contribution in [0.15, 0.2) is 16.7 Å². The zero-order valence-electron chi connectivity index (χ0n) is 7.16. The van der Waals surface area contributed by atoms with Crippen LogP contribution in [0.5, 0.6) is 0 Å². The molecule has 0 amide bonds. The first-order valence-corrected chi connectivity index (χ1v) is 4.03. The summed E-state index contributed by atoms with van der Waals surface area (Å²) in [5.74, 6) is 0. The number of aryl methyl sites for hydroxylation is 2. The molecule has 0 aliphatic carbocycles. The van der Waals surface area contributed by atoms with Crippen LogP contribution in [0.4, 0.5) is 0 Å². The maximum Gasteiger partial charge on any atom is 0.185 e. The first-order chi connectivity index (χ1) is 5.81. The van der Waals surface area contributed by atoms with E-state index in [1.807, 2.05) is 19.1 Å². The average molecular weight is 162 g/mol. The molecule has 2 heterocycles. The molecule has 0 aliphatic rings. The molecule has 12 heavy (non-hydrogen) atoms. The average Bonchev–Trinajstić information content (AvgIpc) is 2.47. The fourth-order valence-electron chi connectivity index (χ4n) is 1.18. The van der Waals surface area contributed by atoms with Crippen LogP contribution < -0.4 is 0 Å². The van der Waals surface area contributed by atoms with E-state index in [4.69, 9.17) is 4.52 Å². The lowest BCUT2D eigenvalue weighted by Crippen LogP contribution is -1.86. The molecule has 3 heteroatoms. The minimum atomic E-state index is 0.768. The third-order valence-electron chi connectivity index (χ3n) is 1.90. The molecule has 0 unspecified atom stereocenters. The molecule has 0 saturated carbocycles. The summed E-state index contributed by atoms with van der Waals surface area (Å²) in [6.07, 6.45) is 0.945. The second-order valence-electron chi connectivity index (χ2n) is 2.77. The summed E-state index contributed by atoms with van der Waals surface area (Å²) in [5.41, 5.74) is 3.59. The molecule has 0 aromatic carbocycles. The summed E-state index contributed by atoms with van der Waals surface area (Å²) in [6.45, 7) is 3.98. The molecule has 0 aliphatic heterocycles. The number of hydrogen-bond donors (Lipinski definition) is 0. The quantitative estimate of drug-likeness (QED) is 0.644. The van der Waals surface area contributed by atoms with Crippen molar-refractivity contribution in [3.63, 3.8) is 0 Å². The van der Waals surface area contributed by atoms with Crippen molar-refractivity contribution in [3.05, 3.63) is 23.5 Å². The molecule has 2 aromatic rings. The second-order valence-corrected chi connectivity index (χ2v) is 2.77. The van der Waals surface area contributed by atoms with E-state index >= 15 is 0 Å². The molecule has 0 saturated heterocycles. The van der Waals surface area contributed by atoms with E-state index in [9.17, 15) is 0 Å². The van der Waals surface area contributed by atoms with Crippen LogP contribution in [0.1, 0.15) is 18.3 Å². The number of pyridine rings is 1. The molecule has 0 fully saturated rings. The van der Waals surface area contributed by atoms with E-state index in [-0.39, 0.29) is 0 Å². The molecular formula is C9H10N2O. The molecular weight excluding hydrogens is 152 g/mol. The van der Waals surface area contributed by atoms with E-state index < -0.39 is 0 Å². The lowest BCUT2D eigenvalue weighted by molar-refractivity contribution is 0.450. The molecule has 0 radical (unpaired) electrons. The number of nitrogens with zero attached hydrogens (tertiary/aromatic N) is 2. The Balaban J connectivity index is 2.71. The zero-order valence-corrected chi connectivity index (χ0v) is 7.16. The zero-order chi connectivity index (χ0) is 8.55. The summed E-state index contributed by atoms with van der Waals surface area (Å²) in [7, 11) is 0. The van der Waals surface area contributed by atoms with Crippen molar-refractivity contribution >= 4 is 11.1 Å². The van der Waals surface area contributed by atoms with Gasteiger partial charge in [0.15, 0.2) is 5.58 Å². The van der Waals surface area contributed by atoms with E-state index in [0.29, 0.717) is 0 Å². The summed E-state index contributed by atoms with van der Waals surface area (Å²) < 4.78 is 5.04. The SMILES string of the molecule is CCc1ccc2onc(C)c2n1. The van der Waals surface area contributed by atoms with Gasteiger partial charge in [-0.15, -0.1) is 0 Å². The van der Waals surface area contributed by atoms with Gasteiger partial charge in [-0.25, -0.2) is 4.98 Å². The first kappa shape index (κ1) is 7.28. The van der Waals surface area contributed by atoms with Crippen molar-refractivity contribution in [2.75, 3.05) is 0 Å². The fourth-order valence-corrected chi connectivity index (χ4v) is 1.18. The highest BCUT2D eigenvalue weighted by Crippen LogP contribution is 2.15. The Kier molecular flexibility index (Phi) is 1.57. The Hall–Kier alpha value is -1.38. The number of hydrogen-bond acceptors (Lipinski definition) is 3. The van der Waals surface area contributed by atoms with Crippen molar-refractivity contribution in [2.45, 2.75) is 20.3 Å². The monoisotopic (exact) mass is 162 g/mol. The van der Waals surface area contributed by atoms with E-state index in [2.05, 4.69) is 17.1 Å². The van der Waals surface area contributed by atoms with Crippen molar-refractivity contribution in [1.29, 1.82) is 0 Å². The summed E-state index contributed by atoms with van der Waals surface area (Å²) >= 11 is 0. The Labute approximate surface area is 70.4 Å². The van der Waals surface area contributed by atoms with Gasteiger partial charge in [0.2, 0.25) is 0 Å². The predicted octanol–water partition coefficient (Wildman–Crippen LogP) is 2.09. The Bertz CT molecular complexity index is 406. The highest BCUT2D eigenvalue weighted by Gasteiger charge is 2.04. The number of aromatic nitrogens is 2. The van der Waals surface area contributed by atoms with Crippen LogP contribution in [-0.2, 0) is 6.42 Å². The van der Waals surface area contributed by atoms with Crippen LogP contribution in [0.3, 0.4) is 0 Å². The van der Waals surface area contributed by atoms with Gasteiger partial charge in [0.25, 0.3) is 0 Å². The van der Waals surface area contributed by atoms with Crippen LogP contribution in [-0.4, -0.2) is 10.1 Å². The Morgan fingerprint density at radius 1 is 1.42 bits per heavy atom. The maximum atomic E-state index is 5.04. The molecule has 2 aromatic heterocycles. The smallest absolute Gasteiger partial charge is 0.185 e. The number of fused-ring (bicyclic) bond motifs is 1. The fraction of sp³-hybridized carbons (Fsp3) is 0.333. The van der Waals surface area contributed by atoms with E-state index in [0.717, 1.165) is 28.9 Å². The summed E-state index contributed by atoms with van der Waals surface area (Å²) in [4.78, 5) is 4.40. The minimum absolute atomic E-state index is 0.768. The van der Waals surface area contributed by atoms with Gasteiger partial charge in [0, 0.05) is 5.69 Å². The molecule has 0 N–H and O–H groups in total. The van der Waals surface area contributed by atoms with Gasteiger partial charge in [0.05, 0.1) is 0 Å². The van der Waals surface area contributed by atoms with Gasteiger partial charge in [-0.2, -0.15) is 0 Å². The van der Waals surface area contributed by atoms with Gasteiger partial charge in [-0.3, -0.25) is 0 Å². The lowest BCUT2D eigenvalue weighted by atomic mass is 10.2. The molecule has 0 bridgehead atoms. The van der Waals surface area contributed by atoms with Gasteiger partial charge in [-0.1, -0.05) is 12.1 Å². The molecule has 62 valence electrons. The third kappa shape index (κ3) is 0.978. The first-order valence-electron chi connectivity index (χ1n) is 4.03. The van der Waals surface area contributed by atoms with Crippen molar-refractivity contribution in [1.82, 2.24) is 10.1 Å². The van der Waals surface area contributed by atoms with Crippen molar-refractivity contribution in [2.24, 2.45) is 0 Å². The number of rotatable bonds is 1. The lowest BCUT2D eigenvalue weighted by Gasteiger charge is -1.93. The molecule has 2 rings (SSSR count). The minimum Gasteiger partial charge on any atom is -0.354 e. The van der Waals surface area contributed by atoms with Crippen LogP contribution in [0.2, 0.25) is 0 Å². The standard InChI is InChI=1S/C9H10N2O/c1-3-7-4-5-8-9(10-7)6(2)11-12-8/h4-5H,3H2,1-2H3. The Morgan fingerprint density at radius 2 is 2.25 bits per heavy atom. The van der Waals surface area contributed by atoms with Gasteiger partial charge < -0.3 is 4.52 Å². The van der Waals surface area contributed by atoms with Crippen molar-refractivity contribution in [3.8, 4) is 0 Å². The van der Waals surface area contributed by atoms with Crippen LogP contribution in [0.25, 0.3) is 11.1 Å². The largest absolute Gasteiger partial charge is 0.354 e. The predicted molar refractivity (Wildman–Crippen MR) is 45.9 cm³/mol. The molecule has 0 atom stereocenters. The van der Waals surface area contributed by atoms with E-state index in [1.54, 1.807) is 0 Å². The second kappa shape index (κ2) is 2.59. The maximum absolute atomic E-state index is 5.04.